The van der Waals surface area contributed by atoms with Crippen molar-refractivity contribution in [2.45, 2.75) is 6.54 Å². The van der Waals surface area contributed by atoms with Crippen LogP contribution in [-0.4, -0.2) is 41.0 Å². The summed E-state index contributed by atoms with van der Waals surface area (Å²) in [5.74, 6) is -0.961. The van der Waals surface area contributed by atoms with E-state index in [0.717, 1.165) is 4.68 Å². The molecule has 0 saturated carbocycles. The van der Waals surface area contributed by atoms with E-state index in [9.17, 15) is 19.5 Å². The molecule has 0 saturated heterocycles. The van der Waals surface area contributed by atoms with E-state index in [4.69, 9.17) is 9.47 Å². The average Bonchev–Trinajstić information content (AvgIpc) is 2.69. The molecule has 0 aliphatic carbocycles. The van der Waals surface area contributed by atoms with Crippen LogP contribution >= 0.6 is 0 Å². The van der Waals surface area contributed by atoms with Gasteiger partial charge in [0, 0.05) is 11.5 Å². The molecule has 3 rings (SSSR count). The Morgan fingerprint density at radius 2 is 1.82 bits per heavy atom. The van der Waals surface area contributed by atoms with E-state index in [1.54, 1.807) is 30.3 Å². The van der Waals surface area contributed by atoms with Crippen LogP contribution in [0.1, 0.15) is 10.5 Å². The number of benzene rings is 2. The standard InChI is InChI=1S/C19H17N3O6/c1-27-11-7-8-15(28-2)14(9-11)20-16(23)10-22-18(24)13-6-4-3-5-12(13)17(21-22)19(25)26/h3-9H,10H2,1-2H3,(H,20,23)(H,25,26). The first-order chi connectivity index (χ1) is 13.4. The Morgan fingerprint density at radius 3 is 2.46 bits per heavy atom. The van der Waals surface area contributed by atoms with Crippen LogP contribution in [-0.2, 0) is 11.3 Å². The number of fused-ring (bicyclic) bond motifs is 1. The van der Waals surface area contributed by atoms with Crippen LogP contribution in [0.3, 0.4) is 0 Å². The molecule has 28 heavy (non-hydrogen) atoms. The second kappa shape index (κ2) is 7.78. The summed E-state index contributed by atoms with van der Waals surface area (Å²) < 4.78 is 11.1. The van der Waals surface area contributed by atoms with Crippen molar-refractivity contribution >= 4 is 28.3 Å². The van der Waals surface area contributed by atoms with Crippen molar-refractivity contribution in [2.75, 3.05) is 19.5 Å². The van der Waals surface area contributed by atoms with Crippen LogP contribution < -0.4 is 20.3 Å². The first kappa shape index (κ1) is 18.9. The van der Waals surface area contributed by atoms with Gasteiger partial charge in [0.2, 0.25) is 5.91 Å². The zero-order valence-corrected chi connectivity index (χ0v) is 15.1. The number of carbonyl (C=O) groups excluding carboxylic acids is 1. The maximum atomic E-state index is 12.6. The Hall–Kier alpha value is -3.88. The van der Waals surface area contributed by atoms with E-state index in [2.05, 4.69) is 10.4 Å². The highest BCUT2D eigenvalue weighted by Gasteiger charge is 2.17. The molecule has 0 fully saturated rings. The van der Waals surface area contributed by atoms with Crippen molar-refractivity contribution in [3.05, 3.63) is 58.5 Å². The van der Waals surface area contributed by atoms with E-state index in [1.165, 1.54) is 26.4 Å². The van der Waals surface area contributed by atoms with Crippen LogP contribution in [0, 0.1) is 0 Å². The minimum atomic E-state index is -1.29. The number of carbonyl (C=O) groups is 2. The number of carboxylic acids is 1. The maximum Gasteiger partial charge on any atom is 0.357 e. The van der Waals surface area contributed by atoms with Crippen LogP contribution in [0.25, 0.3) is 10.8 Å². The molecule has 0 atom stereocenters. The number of ether oxygens (including phenoxy) is 2. The molecule has 144 valence electrons. The number of aromatic carboxylic acids is 1. The number of nitrogens with one attached hydrogen (secondary N) is 1. The van der Waals surface area contributed by atoms with Gasteiger partial charge in [-0.05, 0) is 18.2 Å². The third kappa shape index (κ3) is 3.63. The smallest absolute Gasteiger partial charge is 0.357 e. The third-order valence-electron chi connectivity index (χ3n) is 4.04. The van der Waals surface area contributed by atoms with Gasteiger partial charge in [-0.2, -0.15) is 5.10 Å². The van der Waals surface area contributed by atoms with E-state index in [-0.39, 0.29) is 16.5 Å². The summed E-state index contributed by atoms with van der Waals surface area (Å²) in [5.41, 5.74) is -0.519. The normalized spacial score (nSPS) is 10.5. The molecule has 2 aromatic carbocycles. The van der Waals surface area contributed by atoms with Crippen LogP contribution in [0.2, 0.25) is 0 Å². The van der Waals surface area contributed by atoms with Crippen LogP contribution in [0.4, 0.5) is 5.69 Å². The van der Waals surface area contributed by atoms with Gasteiger partial charge < -0.3 is 19.9 Å². The lowest BCUT2D eigenvalue weighted by molar-refractivity contribution is -0.117. The number of methoxy groups -OCH3 is 2. The molecule has 9 nitrogen and oxygen atoms in total. The van der Waals surface area contributed by atoms with Gasteiger partial charge in [-0.25, -0.2) is 9.48 Å². The summed E-state index contributed by atoms with van der Waals surface area (Å²) in [6.45, 7) is -0.468. The second-order valence-corrected chi connectivity index (χ2v) is 5.78. The van der Waals surface area contributed by atoms with E-state index in [1.807, 2.05) is 0 Å². The molecular weight excluding hydrogens is 366 g/mol. The van der Waals surface area contributed by atoms with Crippen LogP contribution in [0.15, 0.2) is 47.3 Å². The molecule has 0 aliphatic rings. The lowest BCUT2D eigenvalue weighted by atomic mass is 10.1. The molecule has 1 aromatic heterocycles. The van der Waals surface area contributed by atoms with E-state index in [0.29, 0.717) is 17.2 Å². The van der Waals surface area contributed by atoms with Gasteiger partial charge in [0.25, 0.3) is 5.56 Å². The Morgan fingerprint density at radius 1 is 1.11 bits per heavy atom. The third-order valence-corrected chi connectivity index (χ3v) is 4.04. The van der Waals surface area contributed by atoms with E-state index < -0.39 is 24.0 Å². The largest absolute Gasteiger partial charge is 0.497 e. The molecule has 0 aliphatic heterocycles. The summed E-state index contributed by atoms with van der Waals surface area (Å²) in [6.07, 6.45) is 0. The highest BCUT2D eigenvalue weighted by molar-refractivity contribution is 6.01. The van der Waals surface area contributed by atoms with Gasteiger partial charge in [0.05, 0.1) is 25.3 Å². The van der Waals surface area contributed by atoms with Crippen molar-refractivity contribution in [2.24, 2.45) is 0 Å². The Kier molecular flexibility index (Phi) is 5.25. The molecule has 1 amide bonds. The molecule has 0 spiro atoms. The quantitative estimate of drug-likeness (QED) is 0.665. The van der Waals surface area contributed by atoms with Crippen molar-refractivity contribution < 1.29 is 24.2 Å². The molecule has 3 aromatic rings. The summed E-state index contributed by atoms with van der Waals surface area (Å²) >= 11 is 0. The van der Waals surface area contributed by atoms with Gasteiger partial charge in [0.15, 0.2) is 5.69 Å². The maximum absolute atomic E-state index is 12.6. The fourth-order valence-electron chi connectivity index (χ4n) is 2.74. The van der Waals surface area contributed by atoms with Gasteiger partial charge in [-0.15, -0.1) is 0 Å². The summed E-state index contributed by atoms with van der Waals surface area (Å²) in [4.78, 5) is 36.6. The molecule has 0 radical (unpaired) electrons. The minimum Gasteiger partial charge on any atom is -0.497 e. The minimum absolute atomic E-state index is 0.168. The number of hydrogen-bond acceptors (Lipinski definition) is 6. The fraction of sp³-hybridized carbons (Fsp3) is 0.158. The first-order valence-electron chi connectivity index (χ1n) is 8.19. The lowest BCUT2D eigenvalue weighted by Crippen LogP contribution is -2.31. The number of anilines is 1. The van der Waals surface area contributed by atoms with Crippen LogP contribution in [0.5, 0.6) is 11.5 Å². The lowest BCUT2D eigenvalue weighted by Gasteiger charge is -2.13. The molecular formula is C19H17N3O6. The number of carboxylic acid groups (broad SMARTS) is 1. The summed E-state index contributed by atoms with van der Waals surface area (Å²) in [6, 6.07) is 11.1. The van der Waals surface area contributed by atoms with Gasteiger partial charge >= 0.3 is 5.97 Å². The zero-order valence-electron chi connectivity index (χ0n) is 15.1. The predicted molar refractivity (Wildman–Crippen MR) is 101 cm³/mol. The number of hydrogen-bond donors (Lipinski definition) is 2. The first-order valence-corrected chi connectivity index (χ1v) is 8.19. The zero-order chi connectivity index (χ0) is 20.3. The Bertz CT molecular complexity index is 1120. The molecule has 0 bridgehead atoms. The van der Waals surface area contributed by atoms with Crippen molar-refractivity contribution in [3.8, 4) is 11.5 Å². The number of rotatable bonds is 6. The highest BCUT2D eigenvalue weighted by atomic mass is 16.5. The summed E-state index contributed by atoms with van der Waals surface area (Å²) in [7, 11) is 2.94. The van der Waals surface area contributed by atoms with Crippen molar-refractivity contribution in [1.29, 1.82) is 0 Å². The SMILES string of the molecule is COc1ccc(OC)c(NC(=O)Cn2nc(C(=O)O)c3ccccc3c2=O)c1. The number of amides is 1. The number of aromatic nitrogens is 2. The molecule has 1 heterocycles. The monoisotopic (exact) mass is 383 g/mol. The number of nitrogens with zero attached hydrogens (tertiary/aromatic N) is 2. The average molecular weight is 383 g/mol. The topological polar surface area (TPSA) is 120 Å². The van der Waals surface area contributed by atoms with Gasteiger partial charge in [0.1, 0.15) is 18.0 Å². The van der Waals surface area contributed by atoms with Gasteiger partial charge in [-0.3, -0.25) is 9.59 Å². The Labute approximate surface area is 159 Å². The van der Waals surface area contributed by atoms with Crippen molar-refractivity contribution in [1.82, 2.24) is 9.78 Å². The Balaban J connectivity index is 1.95. The predicted octanol–water partition coefficient (Wildman–Crippen LogP) is 1.75. The second-order valence-electron chi connectivity index (χ2n) is 5.78. The summed E-state index contributed by atoms with van der Waals surface area (Å²) in [5, 5.41) is 16.2. The van der Waals surface area contributed by atoms with Crippen molar-refractivity contribution in [3.63, 3.8) is 0 Å². The van der Waals surface area contributed by atoms with Gasteiger partial charge in [-0.1, -0.05) is 18.2 Å². The highest BCUT2D eigenvalue weighted by Crippen LogP contribution is 2.28. The molecule has 9 heteroatoms. The van der Waals surface area contributed by atoms with E-state index >= 15 is 0 Å². The molecule has 0 unspecified atom stereocenters. The molecule has 2 N–H and O–H groups in total. The fourth-order valence-corrected chi connectivity index (χ4v) is 2.74.